The number of hydrogen-bond acceptors (Lipinski definition) is 4. The number of aromatic nitrogens is 3. The maximum Gasteiger partial charge on any atom is 0.252 e. The van der Waals surface area contributed by atoms with E-state index in [4.69, 9.17) is 0 Å². The lowest BCUT2D eigenvalue weighted by molar-refractivity contribution is -0.115. The summed E-state index contributed by atoms with van der Waals surface area (Å²) in [6.45, 7) is 1.48. The van der Waals surface area contributed by atoms with Crippen LogP contribution in [0, 0.1) is 12.7 Å². The Kier molecular flexibility index (Phi) is 5.02. The van der Waals surface area contributed by atoms with E-state index in [1.807, 2.05) is 0 Å². The number of amides is 2. The number of carbonyl (C=O) groups is 2. The van der Waals surface area contributed by atoms with Crippen molar-refractivity contribution in [3.8, 4) is 5.69 Å². The van der Waals surface area contributed by atoms with E-state index in [1.54, 1.807) is 42.2 Å². The lowest BCUT2D eigenvalue weighted by Crippen LogP contribution is -2.33. The van der Waals surface area contributed by atoms with E-state index in [9.17, 15) is 14.0 Å². The molecule has 0 saturated carbocycles. The molecule has 0 atom stereocenters. The molecule has 7 nitrogen and oxygen atoms in total. The zero-order valence-electron chi connectivity index (χ0n) is 13.9. The molecule has 0 saturated heterocycles. The average molecular weight is 353 g/mol. The Balaban J connectivity index is 1.55. The first-order valence-electron chi connectivity index (χ1n) is 7.82. The van der Waals surface area contributed by atoms with Crippen molar-refractivity contribution in [3.63, 3.8) is 0 Å². The van der Waals surface area contributed by atoms with Gasteiger partial charge in [-0.05, 0) is 48.9 Å². The molecule has 3 rings (SSSR count). The van der Waals surface area contributed by atoms with Crippen LogP contribution in [0.1, 0.15) is 15.9 Å². The first-order valence-corrected chi connectivity index (χ1v) is 7.82. The number of aryl methyl sites for hydroxylation is 1. The number of benzene rings is 2. The van der Waals surface area contributed by atoms with Gasteiger partial charge in [-0.2, -0.15) is 5.10 Å². The van der Waals surface area contributed by atoms with Crippen LogP contribution in [0.15, 0.2) is 55.1 Å². The van der Waals surface area contributed by atoms with E-state index in [1.165, 1.54) is 18.5 Å². The predicted molar refractivity (Wildman–Crippen MR) is 93.5 cm³/mol. The minimum absolute atomic E-state index is 0.204. The maximum atomic E-state index is 13.3. The van der Waals surface area contributed by atoms with Gasteiger partial charge in [-0.25, -0.2) is 14.1 Å². The predicted octanol–water partition coefficient (Wildman–Crippen LogP) is 2.08. The van der Waals surface area contributed by atoms with E-state index < -0.39 is 11.7 Å². The molecule has 8 heteroatoms. The van der Waals surface area contributed by atoms with Gasteiger partial charge in [0.05, 0.1) is 12.2 Å². The smallest absolute Gasteiger partial charge is 0.252 e. The second kappa shape index (κ2) is 7.56. The Labute approximate surface area is 148 Å². The van der Waals surface area contributed by atoms with Gasteiger partial charge in [0.25, 0.3) is 5.91 Å². The van der Waals surface area contributed by atoms with Crippen molar-refractivity contribution in [1.29, 1.82) is 0 Å². The fourth-order valence-electron chi connectivity index (χ4n) is 2.34. The highest BCUT2D eigenvalue weighted by molar-refractivity contribution is 6.00. The monoisotopic (exact) mass is 353 g/mol. The summed E-state index contributed by atoms with van der Waals surface area (Å²) >= 11 is 0. The molecule has 0 aliphatic rings. The van der Waals surface area contributed by atoms with Gasteiger partial charge >= 0.3 is 0 Å². The summed E-state index contributed by atoms with van der Waals surface area (Å²) in [6.07, 6.45) is 3.00. The van der Waals surface area contributed by atoms with Crippen molar-refractivity contribution in [1.82, 2.24) is 20.1 Å². The summed E-state index contributed by atoms with van der Waals surface area (Å²) in [7, 11) is 0. The van der Waals surface area contributed by atoms with Crippen LogP contribution in [0.4, 0.5) is 10.1 Å². The van der Waals surface area contributed by atoms with Crippen LogP contribution in [-0.4, -0.2) is 33.1 Å². The number of rotatable bonds is 5. The van der Waals surface area contributed by atoms with Crippen molar-refractivity contribution in [2.24, 2.45) is 0 Å². The molecule has 0 unspecified atom stereocenters. The lowest BCUT2D eigenvalue weighted by atomic mass is 10.1. The Morgan fingerprint density at radius 3 is 2.62 bits per heavy atom. The topological polar surface area (TPSA) is 88.9 Å². The lowest BCUT2D eigenvalue weighted by Gasteiger charge is -2.09. The average Bonchev–Trinajstić information content (AvgIpc) is 3.17. The van der Waals surface area contributed by atoms with E-state index in [0.29, 0.717) is 11.3 Å². The van der Waals surface area contributed by atoms with Crippen LogP contribution in [0.3, 0.4) is 0 Å². The number of hydrogen-bond donors (Lipinski definition) is 2. The molecular weight excluding hydrogens is 337 g/mol. The second-order valence-corrected chi connectivity index (χ2v) is 5.58. The molecule has 3 aromatic rings. The molecule has 0 fully saturated rings. The molecule has 0 bridgehead atoms. The highest BCUT2D eigenvalue weighted by atomic mass is 19.1. The third-order valence-electron chi connectivity index (χ3n) is 3.69. The largest absolute Gasteiger partial charge is 0.343 e. The van der Waals surface area contributed by atoms with E-state index in [0.717, 1.165) is 11.8 Å². The second-order valence-electron chi connectivity index (χ2n) is 5.58. The first kappa shape index (κ1) is 17.3. The zero-order valence-corrected chi connectivity index (χ0v) is 13.9. The summed E-state index contributed by atoms with van der Waals surface area (Å²) in [5.41, 5.74) is 2.22. The van der Waals surface area contributed by atoms with Crippen LogP contribution in [-0.2, 0) is 4.79 Å². The third-order valence-corrected chi connectivity index (χ3v) is 3.69. The highest BCUT2D eigenvalue weighted by Gasteiger charge is 2.12. The van der Waals surface area contributed by atoms with Gasteiger partial charge in [0, 0.05) is 11.3 Å². The molecule has 1 aromatic heterocycles. The normalized spacial score (nSPS) is 10.4. The number of nitrogens with zero attached hydrogens (tertiary/aromatic N) is 3. The molecule has 2 amide bonds. The van der Waals surface area contributed by atoms with Crippen molar-refractivity contribution in [2.75, 3.05) is 11.9 Å². The first-order chi connectivity index (χ1) is 12.5. The van der Waals surface area contributed by atoms with Gasteiger partial charge in [-0.3, -0.25) is 9.59 Å². The molecule has 2 N–H and O–H groups in total. The molecule has 1 heterocycles. The van der Waals surface area contributed by atoms with Gasteiger partial charge in [0.15, 0.2) is 0 Å². The summed E-state index contributed by atoms with van der Waals surface area (Å²) < 4.78 is 14.8. The number of carbonyl (C=O) groups excluding carboxylic acids is 2. The summed E-state index contributed by atoms with van der Waals surface area (Å²) in [5, 5.41) is 9.17. The van der Waals surface area contributed by atoms with E-state index >= 15 is 0 Å². The maximum absolute atomic E-state index is 13.3. The molecule has 0 aliphatic carbocycles. The summed E-state index contributed by atoms with van der Waals surface area (Å²) in [5.74, 6) is -1.39. The SMILES string of the molecule is Cc1ccc(F)cc1C(=O)NCC(=O)Nc1ccc(-n2cncn2)cc1. The Morgan fingerprint density at radius 1 is 1.15 bits per heavy atom. The quantitative estimate of drug-likeness (QED) is 0.735. The Morgan fingerprint density at radius 2 is 1.92 bits per heavy atom. The van der Waals surface area contributed by atoms with Crippen molar-refractivity contribution in [2.45, 2.75) is 6.92 Å². The van der Waals surface area contributed by atoms with Gasteiger partial charge < -0.3 is 10.6 Å². The van der Waals surface area contributed by atoms with Crippen LogP contribution in [0.2, 0.25) is 0 Å². The molecule has 2 aromatic carbocycles. The van der Waals surface area contributed by atoms with Crippen LogP contribution < -0.4 is 10.6 Å². The minimum atomic E-state index is -0.502. The van der Waals surface area contributed by atoms with Gasteiger partial charge in [-0.15, -0.1) is 0 Å². The van der Waals surface area contributed by atoms with Crippen LogP contribution in [0.5, 0.6) is 0 Å². The summed E-state index contributed by atoms with van der Waals surface area (Å²) in [4.78, 5) is 27.9. The van der Waals surface area contributed by atoms with Gasteiger partial charge in [0.2, 0.25) is 5.91 Å². The van der Waals surface area contributed by atoms with Gasteiger partial charge in [0.1, 0.15) is 18.5 Å². The standard InChI is InChI=1S/C18H16FN5O2/c1-12-2-3-13(19)8-16(12)18(26)21-9-17(25)23-14-4-6-15(7-5-14)24-11-20-10-22-24/h2-8,10-11H,9H2,1H3,(H,21,26)(H,23,25). The fourth-order valence-corrected chi connectivity index (χ4v) is 2.34. The van der Waals surface area contributed by atoms with Crippen molar-refractivity contribution < 1.29 is 14.0 Å². The highest BCUT2D eigenvalue weighted by Crippen LogP contribution is 2.12. The Hall–Kier alpha value is -3.55. The molecule has 0 aliphatic heterocycles. The minimum Gasteiger partial charge on any atom is -0.343 e. The Bertz CT molecular complexity index is 923. The van der Waals surface area contributed by atoms with Crippen LogP contribution >= 0.6 is 0 Å². The molecule has 132 valence electrons. The van der Waals surface area contributed by atoms with E-state index in [2.05, 4.69) is 20.7 Å². The number of halogens is 1. The van der Waals surface area contributed by atoms with Crippen molar-refractivity contribution in [3.05, 3.63) is 72.1 Å². The number of nitrogens with one attached hydrogen (secondary N) is 2. The number of anilines is 1. The van der Waals surface area contributed by atoms with Gasteiger partial charge in [-0.1, -0.05) is 6.07 Å². The molecule has 26 heavy (non-hydrogen) atoms. The third kappa shape index (κ3) is 4.10. The molecular formula is C18H16FN5O2. The zero-order chi connectivity index (χ0) is 18.5. The van der Waals surface area contributed by atoms with Crippen LogP contribution in [0.25, 0.3) is 5.69 Å². The fraction of sp³-hybridized carbons (Fsp3) is 0.111. The summed E-state index contributed by atoms with van der Waals surface area (Å²) in [6, 6.07) is 10.9. The molecule has 0 spiro atoms. The van der Waals surface area contributed by atoms with E-state index in [-0.39, 0.29) is 18.0 Å². The van der Waals surface area contributed by atoms with Crippen molar-refractivity contribution >= 4 is 17.5 Å². The molecule has 0 radical (unpaired) electrons.